The van der Waals surface area contributed by atoms with Crippen LogP contribution in [0.1, 0.15) is 25.9 Å². The molecule has 0 unspecified atom stereocenters. The number of thiazole rings is 1. The molecule has 3 rings (SSSR count). The minimum Gasteiger partial charge on any atom is -0.465 e. The number of hydrogen-bond acceptors (Lipinski definition) is 8. The van der Waals surface area contributed by atoms with E-state index in [9.17, 15) is 9.59 Å². The van der Waals surface area contributed by atoms with Gasteiger partial charge in [0.15, 0.2) is 0 Å². The van der Waals surface area contributed by atoms with Gasteiger partial charge in [0.2, 0.25) is 0 Å². The quantitative estimate of drug-likeness (QED) is 0.634. The maximum atomic E-state index is 12.5. The van der Waals surface area contributed by atoms with E-state index in [4.69, 9.17) is 15.2 Å². The van der Waals surface area contributed by atoms with Gasteiger partial charge in [0, 0.05) is 30.6 Å². The highest BCUT2D eigenvalue weighted by molar-refractivity contribution is 7.09. The van der Waals surface area contributed by atoms with Crippen LogP contribution in [0.15, 0.2) is 23.6 Å². The number of nitrogens with zero attached hydrogens (tertiary/aromatic N) is 2. The molecular weight excluding hydrogens is 439 g/mol. The highest BCUT2D eigenvalue weighted by Gasteiger charge is 2.20. The van der Waals surface area contributed by atoms with Crippen LogP contribution in [-0.4, -0.2) is 56.8 Å². The molecular formula is C18H24Cl2N4O4S. The van der Waals surface area contributed by atoms with Crippen LogP contribution < -0.4 is 16.0 Å². The largest absolute Gasteiger partial charge is 0.465 e. The monoisotopic (exact) mass is 462 g/mol. The highest BCUT2D eigenvalue weighted by Crippen LogP contribution is 2.25. The molecule has 2 heterocycles. The minimum atomic E-state index is -0.512. The Labute approximate surface area is 185 Å². The third-order valence-electron chi connectivity index (χ3n) is 4.18. The molecule has 1 amide bonds. The summed E-state index contributed by atoms with van der Waals surface area (Å²) >= 11 is 1.39. The van der Waals surface area contributed by atoms with Crippen molar-refractivity contribution in [2.24, 2.45) is 5.73 Å². The number of ether oxygens (including phenoxy) is 2. The summed E-state index contributed by atoms with van der Waals surface area (Å²) in [5.74, 6) is -0.888. The van der Waals surface area contributed by atoms with Crippen LogP contribution in [0.2, 0.25) is 0 Å². The fourth-order valence-electron chi connectivity index (χ4n) is 2.78. The first-order valence-electron chi connectivity index (χ1n) is 8.63. The zero-order valence-electron chi connectivity index (χ0n) is 15.9. The van der Waals surface area contributed by atoms with E-state index in [-0.39, 0.29) is 30.7 Å². The summed E-state index contributed by atoms with van der Waals surface area (Å²) < 4.78 is 10.2. The van der Waals surface area contributed by atoms with Crippen molar-refractivity contribution in [2.45, 2.75) is 6.42 Å². The molecule has 1 aliphatic heterocycles. The molecule has 0 radical (unpaired) electrons. The summed E-state index contributed by atoms with van der Waals surface area (Å²) in [6.07, 6.45) is 0.625. The number of amides is 1. The summed E-state index contributed by atoms with van der Waals surface area (Å²) in [4.78, 5) is 31.1. The summed E-state index contributed by atoms with van der Waals surface area (Å²) in [6, 6.07) is 5.31. The first-order chi connectivity index (χ1) is 13.1. The topological polar surface area (TPSA) is 107 Å². The molecule has 1 aromatic heterocycles. The van der Waals surface area contributed by atoms with Gasteiger partial charge in [0.25, 0.3) is 5.91 Å². The van der Waals surface area contributed by atoms with Crippen molar-refractivity contribution in [1.29, 1.82) is 0 Å². The lowest BCUT2D eigenvalue weighted by Gasteiger charge is -2.29. The van der Waals surface area contributed by atoms with Crippen molar-refractivity contribution in [1.82, 2.24) is 4.98 Å². The molecule has 1 aromatic carbocycles. The first-order valence-corrected chi connectivity index (χ1v) is 9.51. The Hall–Kier alpha value is -1.91. The lowest BCUT2D eigenvalue weighted by molar-refractivity contribution is 0.0602. The van der Waals surface area contributed by atoms with Gasteiger partial charge in [0.05, 0.1) is 36.6 Å². The molecule has 8 nitrogen and oxygen atoms in total. The maximum absolute atomic E-state index is 12.5. The number of halogens is 2. The van der Waals surface area contributed by atoms with Crippen molar-refractivity contribution in [3.63, 3.8) is 0 Å². The van der Waals surface area contributed by atoms with E-state index < -0.39 is 5.97 Å². The molecule has 0 atom stereocenters. The Kier molecular flexibility index (Phi) is 10.3. The zero-order chi connectivity index (χ0) is 19.2. The van der Waals surface area contributed by atoms with Crippen LogP contribution in [0.3, 0.4) is 0 Å². The lowest BCUT2D eigenvalue weighted by atomic mass is 10.1. The third kappa shape index (κ3) is 6.28. The number of carbonyl (C=O) groups is 2. The van der Waals surface area contributed by atoms with Crippen LogP contribution in [0.4, 0.5) is 11.4 Å². The van der Waals surface area contributed by atoms with E-state index in [1.165, 1.54) is 18.4 Å². The molecule has 2 aromatic rings. The minimum absolute atomic E-state index is 0. The second-order valence-corrected chi connectivity index (χ2v) is 6.88. The fourth-order valence-corrected chi connectivity index (χ4v) is 3.57. The molecule has 1 saturated heterocycles. The molecule has 3 N–H and O–H groups in total. The molecule has 0 aliphatic carbocycles. The van der Waals surface area contributed by atoms with Crippen molar-refractivity contribution in [2.75, 3.05) is 50.2 Å². The van der Waals surface area contributed by atoms with E-state index in [0.717, 1.165) is 23.8 Å². The van der Waals surface area contributed by atoms with Gasteiger partial charge >= 0.3 is 5.97 Å². The number of anilines is 2. The number of hydrogen-bond donors (Lipinski definition) is 2. The van der Waals surface area contributed by atoms with Gasteiger partial charge < -0.3 is 25.4 Å². The van der Waals surface area contributed by atoms with Gasteiger partial charge in [-0.3, -0.25) is 4.79 Å². The number of methoxy groups -OCH3 is 1. The van der Waals surface area contributed by atoms with Gasteiger partial charge in [-0.15, -0.1) is 36.2 Å². The van der Waals surface area contributed by atoms with Crippen LogP contribution in [0.5, 0.6) is 0 Å². The smallest absolute Gasteiger partial charge is 0.340 e. The molecule has 0 spiro atoms. The Morgan fingerprint density at radius 3 is 2.69 bits per heavy atom. The van der Waals surface area contributed by atoms with Gasteiger partial charge in [0.1, 0.15) is 5.69 Å². The number of esters is 1. The van der Waals surface area contributed by atoms with E-state index in [1.54, 1.807) is 17.5 Å². The van der Waals surface area contributed by atoms with Crippen LogP contribution in [-0.2, 0) is 15.9 Å². The number of nitrogens with two attached hydrogens (primary N) is 1. The van der Waals surface area contributed by atoms with Gasteiger partial charge in [-0.05, 0) is 24.7 Å². The SMILES string of the molecule is COC(=O)c1cc(N2CCOCC2)ccc1NC(=O)c1csc(CCN)n1.Cl.Cl. The second-order valence-electron chi connectivity index (χ2n) is 5.94. The molecule has 11 heteroatoms. The number of carbonyl (C=O) groups excluding carboxylic acids is 2. The predicted octanol–water partition coefficient (Wildman–Crippen LogP) is 2.36. The Morgan fingerprint density at radius 2 is 2.03 bits per heavy atom. The highest BCUT2D eigenvalue weighted by atomic mass is 35.5. The predicted molar refractivity (Wildman–Crippen MR) is 118 cm³/mol. The standard InChI is InChI=1S/C18H22N4O4S.2ClH/c1-25-18(24)13-10-12(22-6-8-26-9-7-22)2-3-14(13)21-17(23)15-11-27-16(20-15)4-5-19;;/h2-3,10-11H,4-9,19H2,1H3,(H,21,23);2*1H. The maximum Gasteiger partial charge on any atom is 0.340 e. The summed E-state index contributed by atoms with van der Waals surface area (Å²) in [5.41, 5.74) is 7.39. The number of aromatic nitrogens is 1. The van der Waals surface area contributed by atoms with E-state index in [1.807, 2.05) is 6.07 Å². The van der Waals surface area contributed by atoms with Crippen molar-refractivity contribution in [3.8, 4) is 0 Å². The fraction of sp³-hybridized carbons (Fsp3) is 0.389. The molecule has 0 bridgehead atoms. The number of benzene rings is 1. The van der Waals surface area contributed by atoms with Crippen molar-refractivity contribution < 1.29 is 19.1 Å². The average molecular weight is 463 g/mol. The Bertz CT molecular complexity index is 828. The number of rotatable bonds is 6. The zero-order valence-corrected chi connectivity index (χ0v) is 18.3. The summed E-state index contributed by atoms with van der Waals surface area (Å²) in [6.45, 7) is 3.25. The van der Waals surface area contributed by atoms with Gasteiger partial charge in [-0.2, -0.15) is 0 Å². The summed E-state index contributed by atoms with van der Waals surface area (Å²) in [5, 5.41) is 5.24. The van der Waals surface area contributed by atoms with Gasteiger partial charge in [-0.25, -0.2) is 9.78 Å². The van der Waals surface area contributed by atoms with E-state index >= 15 is 0 Å². The van der Waals surface area contributed by atoms with E-state index in [0.29, 0.717) is 43.1 Å². The van der Waals surface area contributed by atoms with Gasteiger partial charge in [-0.1, -0.05) is 0 Å². The average Bonchev–Trinajstić information content (AvgIpc) is 3.17. The number of morpholine rings is 1. The normalized spacial score (nSPS) is 13.1. The van der Waals surface area contributed by atoms with E-state index in [2.05, 4.69) is 15.2 Å². The van der Waals surface area contributed by atoms with Crippen molar-refractivity contribution in [3.05, 3.63) is 39.8 Å². The molecule has 29 heavy (non-hydrogen) atoms. The third-order valence-corrected chi connectivity index (χ3v) is 5.08. The van der Waals surface area contributed by atoms with Crippen LogP contribution in [0, 0.1) is 0 Å². The first kappa shape index (κ1) is 25.1. The number of nitrogens with one attached hydrogen (secondary N) is 1. The van der Waals surface area contributed by atoms with Crippen molar-refractivity contribution >= 4 is 59.4 Å². The molecule has 0 saturated carbocycles. The second kappa shape index (κ2) is 11.9. The summed E-state index contributed by atoms with van der Waals surface area (Å²) in [7, 11) is 1.31. The molecule has 1 fully saturated rings. The molecule has 160 valence electrons. The molecule has 1 aliphatic rings. The Balaban J connectivity index is 0.00000210. The van der Waals surface area contributed by atoms with Crippen LogP contribution in [0.25, 0.3) is 0 Å². The van der Waals surface area contributed by atoms with Crippen LogP contribution >= 0.6 is 36.2 Å². The lowest BCUT2D eigenvalue weighted by Crippen LogP contribution is -2.36. The Morgan fingerprint density at radius 1 is 1.31 bits per heavy atom.